The first-order valence-electron chi connectivity index (χ1n) is 9.88. The lowest BCUT2D eigenvalue weighted by atomic mass is 10.2. The van der Waals surface area contributed by atoms with Crippen molar-refractivity contribution in [2.24, 2.45) is 0 Å². The molecular weight excluding hydrogens is 418 g/mol. The topological polar surface area (TPSA) is 65.1 Å². The molecule has 0 atom stereocenters. The fourth-order valence-corrected chi connectivity index (χ4v) is 4.69. The molecule has 30 heavy (non-hydrogen) atoms. The number of rotatable bonds is 3. The maximum absolute atomic E-state index is 13.1. The van der Waals surface area contributed by atoms with E-state index in [-0.39, 0.29) is 5.91 Å². The maximum Gasteiger partial charge on any atom is 0.273 e. The van der Waals surface area contributed by atoms with Gasteiger partial charge in [-0.2, -0.15) is 0 Å². The van der Waals surface area contributed by atoms with Crippen LogP contribution in [0.15, 0.2) is 53.9 Å². The summed E-state index contributed by atoms with van der Waals surface area (Å²) >= 11 is 7.55. The fraction of sp³-hybridized carbons (Fsp3) is 0.227. The predicted octanol–water partition coefficient (Wildman–Crippen LogP) is 4.69. The molecule has 0 aliphatic carbocycles. The number of nitrogens with one attached hydrogen (secondary N) is 1. The number of hydrogen-bond acceptors (Lipinski definition) is 5. The van der Waals surface area contributed by atoms with E-state index < -0.39 is 0 Å². The fourth-order valence-electron chi connectivity index (χ4n) is 3.71. The van der Waals surface area contributed by atoms with E-state index in [1.165, 1.54) is 11.3 Å². The van der Waals surface area contributed by atoms with Crippen LogP contribution in [0.5, 0.6) is 0 Å². The summed E-state index contributed by atoms with van der Waals surface area (Å²) in [6.45, 7) is 2.94. The van der Waals surface area contributed by atoms with Gasteiger partial charge in [0.05, 0.1) is 11.0 Å². The van der Waals surface area contributed by atoms with Crippen LogP contribution < -0.4 is 4.90 Å². The number of imidazole rings is 1. The smallest absolute Gasteiger partial charge is 0.273 e. The summed E-state index contributed by atoms with van der Waals surface area (Å²) in [7, 11) is 0. The number of para-hydroxylation sites is 2. The minimum absolute atomic E-state index is 0.0222. The number of carbonyl (C=O) groups is 1. The van der Waals surface area contributed by atoms with Gasteiger partial charge in [0, 0.05) is 42.1 Å². The summed E-state index contributed by atoms with van der Waals surface area (Å²) in [6, 6.07) is 15.6. The Morgan fingerprint density at radius 3 is 2.80 bits per heavy atom. The molecule has 1 amide bonds. The maximum atomic E-state index is 13.1. The SMILES string of the molecule is O=C(c1csc(-c2cccc(Cl)c2)n1)N1CCCN(c2nc3ccccc3[nH]2)CC1. The van der Waals surface area contributed by atoms with E-state index in [1.54, 1.807) is 0 Å². The molecule has 0 spiro atoms. The summed E-state index contributed by atoms with van der Waals surface area (Å²) in [6.07, 6.45) is 0.883. The average Bonchev–Trinajstić information content (AvgIpc) is 3.35. The number of amides is 1. The largest absolute Gasteiger partial charge is 0.341 e. The highest BCUT2D eigenvalue weighted by atomic mass is 35.5. The Labute approximate surface area is 183 Å². The van der Waals surface area contributed by atoms with Gasteiger partial charge in [0.1, 0.15) is 10.7 Å². The van der Waals surface area contributed by atoms with Crippen LogP contribution in [0.1, 0.15) is 16.9 Å². The number of thiazole rings is 1. The summed E-state index contributed by atoms with van der Waals surface area (Å²) in [5, 5.41) is 3.30. The van der Waals surface area contributed by atoms with E-state index in [0.29, 0.717) is 23.8 Å². The Balaban J connectivity index is 1.29. The summed E-state index contributed by atoms with van der Waals surface area (Å²) < 4.78 is 0. The summed E-state index contributed by atoms with van der Waals surface area (Å²) in [5.74, 6) is 0.841. The molecule has 8 heteroatoms. The second-order valence-corrected chi connectivity index (χ2v) is 8.55. The van der Waals surface area contributed by atoms with Gasteiger partial charge in [-0.15, -0.1) is 11.3 Å². The van der Waals surface area contributed by atoms with E-state index in [2.05, 4.69) is 14.9 Å². The van der Waals surface area contributed by atoms with Gasteiger partial charge < -0.3 is 14.8 Å². The molecule has 0 radical (unpaired) electrons. The molecule has 0 saturated carbocycles. The van der Waals surface area contributed by atoms with Crippen molar-refractivity contribution in [1.82, 2.24) is 19.9 Å². The molecule has 1 saturated heterocycles. The second-order valence-electron chi connectivity index (χ2n) is 7.26. The van der Waals surface area contributed by atoms with Crippen molar-refractivity contribution in [3.05, 3.63) is 64.6 Å². The van der Waals surface area contributed by atoms with Gasteiger partial charge in [0.2, 0.25) is 5.95 Å². The first-order chi connectivity index (χ1) is 14.7. The molecule has 4 aromatic rings. The Hall–Kier alpha value is -2.90. The minimum Gasteiger partial charge on any atom is -0.341 e. The van der Waals surface area contributed by atoms with Crippen molar-refractivity contribution in [2.45, 2.75) is 6.42 Å². The number of anilines is 1. The molecule has 0 unspecified atom stereocenters. The van der Waals surface area contributed by atoms with Crippen molar-refractivity contribution in [3.8, 4) is 10.6 Å². The molecule has 2 aromatic carbocycles. The molecule has 6 nitrogen and oxygen atoms in total. The number of benzene rings is 2. The van der Waals surface area contributed by atoms with Crippen LogP contribution in [0.4, 0.5) is 5.95 Å². The van der Waals surface area contributed by atoms with Gasteiger partial charge >= 0.3 is 0 Å². The molecule has 1 aliphatic rings. The molecule has 2 aromatic heterocycles. The monoisotopic (exact) mass is 437 g/mol. The number of H-pyrrole nitrogens is 1. The quantitative estimate of drug-likeness (QED) is 0.505. The number of aromatic nitrogens is 3. The minimum atomic E-state index is -0.0222. The molecular formula is C22H20ClN5OS. The number of aromatic amines is 1. The van der Waals surface area contributed by atoms with Crippen LogP contribution in [-0.2, 0) is 0 Å². The first kappa shape index (κ1) is 19.1. The number of carbonyl (C=O) groups excluding carboxylic acids is 1. The third-order valence-corrected chi connectivity index (χ3v) is 6.38. The zero-order chi connectivity index (χ0) is 20.5. The second kappa shape index (κ2) is 8.08. The van der Waals surface area contributed by atoms with E-state index in [0.717, 1.165) is 47.1 Å². The third-order valence-electron chi connectivity index (χ3n) is 5.25. The standard InChI is InChI=1S/C22H20ClN5OS/c23-16-6-3-5-15(13-16)20-24-19(14-30-20)21(29)27-9-4-10-28(12-11-27)22-25-17-7-1-2-8-18(17)26-22/h1-3,5-8,13-14H,4,9-12H2,(H,25,26). The predicted molar refractivity (Wildman–Crippen MR) is 121 cm³/mol. The molecule has 0 bridgehead atoms. The third kappa shape index (κ3) is 3.78. The van der Waals surface area contributed by atoms with Crippen LogP contribution in [0.25, 0.3) is 21.6 Å². The van der Waals surface area contributed by atoms with Gasteiger partial charge in [0.15, 0.2) is 0 Å². The normalized spacial score (nSPS) is 14.8. The Kier molecular flexibility index (Phi) is 5.14. The number of halogens is 1. The lowest BCUT2D eigenvalue weighted by molar-refractivity contribution is 0.0762. The number of fused-ring (bicyclic) bond motifs is 1. The molecule has 152 valence electrons. The summed E-state index contributed by atoms with van der Waals surface area (Å²) in [5.41, 5.74) is 3.41. The van der Waals surface area contributed by atoms with E-state index in [9.17, 15) is 4.79 Å². The molecule has 3 heterocycles. The van der Waals surface area contributed by atoms with Gasteiger partial charge in [-0.05, 0) is 30.7 Å². The van der Waals surface area contributed by atoms with E-state index in [1.807, 2.05) is 58.8 Å². The summed E-state index contributed by atoms with van der Waals surface area (Å²) in [4.78, 5) is 29.8. The van der Waals surface area contributed by atoms with Gasteiger partial charge in [-0.3, -0.25) is 4.79 Å². The number of hydrogen-bond donors (Lipinski definition) is 1. The van der Waals surface area contributed by atoms with Crippen molar-refractivity contribution < 1.29 is 4.79 Å². The zero-order valence-corrected chi connectivity index (χ0v) is 17.8. The van der Waals surface area contributed by atoms with Crippen LogP contribution >= 0.6 is 22.9 Å². The lowest BCUT2D eigenvalue weighted by Crippen LogP contribution is -2.35. The van der Waals surface area contributed by atoms with Gasteiger partial charge in [0.25, 0.3) is 5.91 Å². The van der Waals surface area contributed by atoms with Crippen LogP contribution in [0, 0.1) is 0 Å². The van der Waals surface area contributed by atoms with Crippen molar-refractivity contribution >= 4 is 45.8 Å². The van der Waals surface area contributed by atoms with Crippen molar-refractivity contribution in [1.29, 1.82) is 0 Å². The lowest BCUT2D eigenvalue weighted by Gasteiger charge is -2.21. The van der Waals surface area contributed by atoms with Crippen LogP contribution in [0.3, 0.4) is 0 Å². The zero-order valence-electron chi connectivity index (χ0n) is 16.2. The van der Waals surface area contributed by atoms with E-state index >= 15 is 0 Å². The Bertz CT molecular complexity index is 1170. The molecule has 1 fully saturated rings. The highest BCUT2D eigenvalue weighted by Crippen LogP contribution is 2.27. The highest BCUT2D eigenvalue weighted by Gasteiger charge is 2.23. The average molecular weight is 438 g/mol. The molecule has 5 rings (SSSR count). The Morgan fingerprint density at radius 1 is 1.03 bits per heavy atom. The van der Waals surface area contributed by atoms with Crippen LogP contribution in [0.2, 0.25) is 5.02 Å². The first-order valence-corrected chi connectivity index (χ1v) is 11.1. The van der Waals surface area contributed by atoms with Gasteiger partial charge in [-0.1, -0.05) is 35.9 Å². The Morgan fingerprint density at radius 2 is 1.93 bits per heavy atom. The number of nitrogens with zero attached hydrogens (tertiary/aromatic N) is 4. The van der Waals surface area contributed by atoms with Gasteiger partial charge in [-0.25, -0.2) is 9.97 Å². The van der Waals surface area contributed by atoms with E-state index in [4.69, 9.17) is 16.6 Å². The molecule has 1 aliphatic heterocycles. The molecule has 1 N–H and O–H groups in total. The van der Waals surface area contributed by atoms with Crippen LogP contribution in [-0.4, -0.2) is 51.9 Å². The van der Waals surface area contributed by atoms with Crippen molar-refractivity contribution in [2.75, 3.05) is 31.1 Å². The van der Waals surface area contributed by atoms with Crippen molar-refractivity contribution in [3.63, 3.8) is 0 Å². The highest BCUT2D eigenvalue weighted by molar-refractivity contribution is 7.13.